The van der Waals surface area contributed by atoms with Gasteiger partial charge < -0.3 is 5.11 Å². The van der Waals surface area contributed by atoms with E-state index in [1.165, 1.54) is 29.8 Å². The number of hydrogen-bond donors (Lipinski definition) is 2. The van der Waals surface area contributed by atoms with Gasteiger partial charge in [-0.15, -0.1) is 11.3 Å². The van der Waals surface area contributed by atoms with E-state index in [0.717, 1.165) is 16.5 Å². The lowest BCUT2D eigenvalue weighted by Crippen LogP contribution is -1.96. The zero-order valence-corrected chi connectivity index (χ0v) is 12.7. The molecule has 0 aliphatic rings. The van der Waals surface area contributed by atoms with Crippen LogP contribution in [0.4, 0.5) is 4.39 Å². The number of rotatable bonds is 5. The molecular weight excluding hydrogens is 317 g/mol. The van der Waals surface area contributed by atoms with E-state index in [1.807, 2.05) is 6.07 Å². The molecule has 2 N–H and O–H groups in total. The van der Waals surface area contributed by atoms with Crippen molar-refractivity contribution in [1.82, 2.24) is 15.2 Å². The number of aliphatic hydroxyl groups is 1. The number of nitrogens with one attached hydrogen (secondary N) is 1. The van der Waals surface area contributed by atoms with Crippen molar-refractivity contribution in [2.75, 3.05) is 0 Å². The molecule has 0 fully saturated rings. The Morgan fingerprint density at radius 1 is 1.39 bits per heavy atom. The molecule has 2 aromatic heterocycles. The third-order valence-electron chi connectivity index (χ3n) is 3.12. The maximum absolute atomic E-state index is 13.2. The van der Waals surface area contributed by atoms with Crippen LogP contribution in [-0.2, 0) is 6.42 Å². The van der Waals surface area contributed by atoms with Gasteiger partial charge >= 0.3 is 0 Å². The predicted molar refractivity (Wildman–Crippen MR) is 84.8 cm³/mol. The lowest BCUT2D eigenvalue weighted by atomic mass is 10.1. The molecule has 116 valence electrons. The molecule has 5 nitrogen and oxygen atoms in total. The van der Waals surface area contributed by atoms with Crippen LogP contribution in [0.25, 0.3) is 5.76 Å². The Morgan fingerprint density at radius 2 is 2.26 bits per heavy atom. The number of thiophene rings is 1. The minimum Gasteiger partial charge on any atom is -0.504 e. The number of halogens is 1. The highest BCUT2D eigenvalue weighted by atomic mass is 32.1. The van der Waals surface area contributed by atoms with Gasteiger partial charge in [-0.3, -0.25) is 9.89 Å². The van der Waals surface area contributed by atoms with E-state index < -0.39 is 0 Å². The number of allylic oxidation sites excluding steroid dienone is 1. The topological polar surface area (TPSA) is 78.9 Å². The van der Waals surface area contributed by atoms with Gasteiger partial charge in [0.2, 0.25) is 5.82 Å². The molecule has 0 radical (unpaired) electrons. The molecule has 0 bridgehead atoms. The average molecular weight is 329 g/mol. The fourth-order valence-electron chi connectivity index (χ4n) is 2.06. The summed E-state index contributed by atoms with van der Waals surface area (Å²) in [4.78, 5) is 16.8. The van der Waals surface area contributed by atoms with Crippen molar-refractivity contribution in [2.24, 2.45) is 0 Å². The van der Waals surface area contributed by atoms with Crippen molar-refractivity contribution in [3.8, 4) is 0 Å². The van der Waals surface area contributed by atoms with Gasteiger partial charge in [-0.2, -0.15) is 5.10 Å². The van der Waals surface area contributed by atoms with Crippen LogP contribution in [-0.4, -0.2) is 26.1 Å². The Kier molecular flexibility index (Phi) is 4.29. The fourth-order valence-corrected chi connectivity index (χ4v) is 2.96. The molecule has 0 saturated heterocycles. The summed E-state index contributed by atoms with van der Waals surface area (Å²) in [6.07, 6.45) is 2.94. The average Bonchev–Trinajstić information content (AvgIpc) is 3.18. The summed E-state index contributed by atoms with van der Waals surface area (Å²) < 4.78 is 13.2. The van der Waals surface area contributed by atoms with Crippen LogP contribution in [0.3, 0.4) is 0 Å². The molecule has 3 rings (SSSR count). The third-order valence-corrected chi connectivity index (χ3v) is 4.05. The summed E-state index contributed by atoms with van der Waals surface area (Å²) in [7, 11) is 0. The Labute approximate surface area is 135 Å². The van der Waals surface area contributed by atoms with Crippen molar-refractivity contribution in [3.63, 3.8) is 0 Å². The van der Waals surface area contributed by atoms with Crippen molar-refractivity contribution in [3.05, 3.63) is 75.8 Å². The van der Waals surface area contributed by atoms with Gasteiger partial charge in [-0.25, -0.2) is 9.37 Å². The molecular formula is C16H12FN3O2S. The number of aliphatic hydroxyl groups excluding tert-OH is 1. The first-order valence-corrected chi connectivity index (χ1v) is 7.63. The van der Waals surface area contributed by atoms with Gasteiger partial charge in [0.1, 0.15) is 12.1 Å². The van der Waals surface area contributed by atoms with Crippen molar-refractivity contribution < 1.29 is 14.3 Å². The number of ketones is 1. The summed E-state index contributed by atoms with van der Waals surface area (Å²) in [5.74, 6) is -0.855. The molecule has 1 aromatic carbocycles. The van der Waals surface area contributed by atoms with E-state index >= 15 is 0 Å². The summed E-state index contributed by atoms with van der Waals surface area (Å²) in [6, 6.07) is 8.08. The standard InChI is InChI=1S/C16H12FN3O2S/c17-12-3-1-2-10(4-12)5-13-6-11(8-23-13)14(21)7-15(22)16-18-9-19-20-16/h1-4,6-9,22H,5H2,(H,18,19,20). The fraction of sp³-hybridized carbons (Fsp3) is 0.0625. The Bertz CT molecular complexity index is 856. The van der Waals surface area contributed by atoms with Gasteiger partial charge in [0, 0.05) is 28.3 Å². The molecule has 0 saturated carbocycles. The Balaban J connectivity index is 1.74. The minimum absolute atomic E-state index is 0.0635. The monoisotopic (exact) mass is 329 g/mol. The first kappa shape index (κ1) is 15.1. The first-order chi connectivity index (χ1) is 11.1. The lowest BCUT2D eigenvalue weighted by Gasteiger charge is -1.98. The summed E-state index contributed by atoms with van der Waals surface area (Å²) in [5, 5.41) is 17.6. The van der Waals surface area contributed by atoms with Crippen LogP contribution in [0.5, 0.6) is 0 Å². The molecule has 0 amide bonds. The first-order valence-electron chi connectivity index (χ1n) is 6.75. The second-order valence-electron chi connectivity index (χ2n) is 4.82. The molecule has 0 aliphatic carbocycles. The van der Waals surface area contributed by atoms with Crippen LogP contribution in [0.1, 0.15) is 26.6 Å². The van der Waals surface area contributed by atoms with E-state index in [9.17, 15) is 14.3 Å². The number of carbonyl (C=O) groups excluding carboxylic acids is 1. The summed E-state index contributed by atoms with van der Waals surface area (Å²) in [5.41, 5.74) is 1.30. The number of nitrogens with zero attached hydrogens (tertiary/aromatic N) is 2. The number of aromatic amines is 1. The lowest BCUT2D eigenvalue weighted by molar-refractivity contribution is 0.104. The number of hydrogen-bond acceptors (Lipinski definition) is 5. The van der Waals surface area contributed by atoms with Crippen molar-refractivity contribution >= 4 is 22.9 Å². The Hall–Kier alpha value is -2.80. The normalized spacial score (nSPS) is 11.6. The molecule has 3 aromatic rings. The maximum Gasteiger partial charge on any atom is 0.215 e. The third kappa shape index (κ3) is 3.70. The van der Waals surface area contributed by atoms with Crippen LogP contribution in [0.2, 0.25) is 0 Å². The highest BCUT2D eigenvalue weighted by Crippen LogP contribution is 2.20. The highest BCUT2D eigenvalue weighted by molar-refractivity contribution is 7.10. The van der Waals surface area contributed by atoms with E-state index in [-0.39, 0.29) is 23.2 Å². The number of aromatic nitrogens is 3. The van der Waals surface area contributed by atoms with Crippen molar-refractivity contribution in [1.29, 1.82) is 0 Å². The molecule has 7 heteroatoms. The van der Waals surface area contributed by atoms with E-state index in [0.29, 0.717) is 12.0 Å². The second-order valence-corrected chi connectivity index (χ2v) is 5.82. The Morgan fingerprint density at radius 3 is 3.00 bits per heavy atom. The summed E-state index contributed by atoms with van der Waals surface area (Å²) >= 11 is 1.41. The minimum atomic E-state index is -0.339. The smallest absolute Gasteiger partial charge is 0.215 e. The molecule has 2 heterocycles. The van der Waals surface area contributed by atoms with Gasteiger partial charge in [0.05, 0.1) is 0 Å². The summed E-state index contributed by atoms with van der Waals surface area (Å²) in [6.45, 7) is 0. The van der Waals surface area contributed by atoms with Gasteiger partial charge in [-0.05, 0) is 23.8 Å². The largest absolute Gasteiger partial charge is 0.504 e. The van der Waals surface area contributed by atoms with Crippen LogP contribution in [0.15, 0.2) is 48.1 Å². The molecule has 0 atom stereocenters. The van der Waals surface area contributed by atoms with Gasteiger partial charge in [0.15, 0.2) is 11.5 Å². The number of carbonyl (C=O) groups is 1. The van der Waals surface area contributed by atoms with E-state index in [1.54, 1.807) is 17.5 Å². The SMILES string of the molecule is O=C(C=C(O)c1nc[nH]n1)c1csc(Cc2cccc(F)c2)c1. The van der Waals surface area contributed by atoms with Crippen LogP contribution >= 0.6 is 11.3 Å². The number of benzene rings is 1. The zero-order valence-electron chi connectivity index (χ0n) is 11.9. The van der Waals surface area contributed by atoms with Gasteiger partial charge in [-0.1, -0.05) is 12.1 Å². The molecule has 23 heavy (non-hydrogen) atoms. The number of H-pyrrole nitrogens is 1. The van der Waals surface area contributed by atoms with E-state index in [2.05, 4.69) is 15.2 Å². The second kappa shape index (κ2) is 6.53. The highest BCUT2D eigenvalue weighted by Gasteiger charge is 2.11. The quantitative estimate of drug-likeness (QED) is 0.427. The van der Waals surface area contributed by atoms with Gasteiger partial charge in [0.25, 0.3) is 0 Å². The molecule has 0 unspecified atom stereocenters. The predicted octanol–water partition coefficient (Wildman–Crippen LogP) is 3.38. The maximum atomic E-state index is 13.2. The molecule has 0 spiro atoms. The molecule has 0 aliphatic heterocycles. The van der Waals surface area contributed by atoms with Crippen LogP contribution < -0.4 is 0 Å². The van der Waals surface area contributed by atoms with Crippen molar-refractivity contribution in [2.45, 2.75) is 6.42 Å². The zero-order chi connectivity index (χ0) is 16.2. The van der Waals surface area contributed by atoms with Crippen LogP contribution in [0, 0.1) is 5.82 Å². The van der Waals surface area contributed by atoms with E-state index in [4.69, 9.17) is 0 Å².